The van der Waals surface area contributed by atoms with Crippen molar-refractivity contribution in [3.8, 4) is 33.0 Å². The summed E-state index contributed by atoms with van der Waals surface area (Å²) in [5.74, 6) is -1.04. The molecule has 0 aliphatic carbocycles. The lowest BCUT2D eigenvalue weighted by Crippen LogP contribution is -2.02. The molecule has 1 aromatic heterocycles. The van der Waals surface area contributed by atoms with Crippen molar-refractivity contribution in [2.45, 2.75) is 6.92 Å². The largest absolute Gasteiger partial charge is 0.478 e. The highest BCUT2D eigenvalue weighted by Gasteiger charge is 2.17. The van der Waals surface area contributed by atoms with Gasteiger partial charge in [-0.3, -0.25) is 10.7 Å². The van der Waals surface area contributed by atoms with Gasteiger partial charge in [0.25, 0.3) is 0 Å². The minimum Gasteiger partial charge on any atom is -0.478 e. The Morgan fingerprint density at radius 3 is 2.41 bits per heavy atom. The fourth-order valence-electron chi connectivity index (χ4n) is 3.17. The number of para-hydroxylation sites is 1. The van der Waals surface area contributed by atoms with Gasteiger partial charge >= 0.3 is 5.97 Å². The predicted octanol–water partition coefficient (Wildman–Crippen LogP) is 5.95. The summed E-state index contributed by atoms with van der Waals surface area (Å²) in [5.41, 5.74) is 7.66. The first-order valence-electron chi connectivity index (χ1n) is 8.96. The highest BCUT2D eigenvalue weighted by atomic mass is 32.1. The van der Waals surface area contributed by atoms with Crippen molar-refractivity contribution in [1.82, 2.24) is 4.98 Å². The third-order valence-corrected chi connectivity index (χ3v) is 5.58. The molecule has 0 fully saturated rings. The maximum absolute atomic E-state index is 11.9. The fourth-order valence-corrected chi connectivity index (χ4v) is 3.99. The van der Waals surface area contributed by atoms with E-state index in [1.807, 2.05) is 42.6 Å². The Labute approximate surface area is 171 Å². The summed E-state index contributed by atoms with van der Waals surface area (Å²) < 4.78 is 0. The molecule has 3 aromatic carbocycles. The Morgan fingerprint density at radius 1 is 0.966 bits per heavy atom. The number of aromatic carboxylic acids is 1. The van der Waals surface area contributed by atoms with Crippen LogP contribution in [0.15, 0.2) is 72.1 Å². The summed E-state index contributed by atoms with van der Waals surface area (Å²) in [7, 11) is 0. The van der Waals surface area contributed by atoms with E-state index < -0.39 is 5.97 Å². The molecule has 0 spiro atoms. The van der Waals surface area contributed by atoms with E-state index in [1.165, 1.54) is 16.9 Å². The Balaban J connectivity index is 1.76. The van der Waals surface area contributed by atoms with E-state index >= 15 is 0 Å². The third-order valence-electron chi connectivity index (χ3n) is 4.69. The zero-order valence-corrected chi connectivity index (χ0v) is 16.4. The molecule has 0 aliphatic heterocycles. The molecule has 6 heteroatoms. The van der Waals surface area contributed by atoms with Gasteiger partial charge in [0, 0.05) is 22.1 Å². The molecular weight excluding hydrogens is 384 g/mol. The van der Waals surface area contributed by atoms with Gasteiger partial charge in [0.05, 0.1) is 16.9 Å². The Morgan fingerprint density at radius 2 is 1.69 bits per heavy atom. The van der Waals surface area contributed by atoms with Crippen molar-refractivity contribution in [3.05, 3.63) is 83.2 Å². The van der Waals surface area contributed by atoms with E-state index in [2.05, 4.69) is 5.48 Å². The molecule has 0 saturated carbocycles. The van der Waals surface area contributed by atoms with Gasteiger partial charge in [-0.1, -0.05) is 60.2 Å². The normalized spacial score (nSPS) is 10.7. The molecular formula is C23H18N2O3S. The minimum atomic E-state index is -1.04. The van der Waals surface area contributed by atoms with Crippen LogP contribution in [0.2, 0.25) is 0 Å². The second-order valence-electron chi connectivity index (χ2n) is 6.63. The quantitative estimate of drug-likeness (QED) is 0.359. The number of carboxylic acids is 1. The molecule has 0 saturated heterocycles. The first-order chi connectivity index (χ1) is 14.1. The number of nitrogens with zero attached hydrogens (tertiary/aromatic N) is 1. The van der Waals surface area contributed by atoms with Gasteiger partial charge in [0.15, 0.2) is 0 Å². The standard InChI is InChI=1S/C23H18N2O3S/c1-14-6-8-15(9-7-14)21-13-29-22(24-21)16-10-11-17(19(12-16)23(26)27)18-4-2-3-5-20(18)25-28/h2-13,25,28H,1H3,(H,26,27). The average Bonchev–Trinajstić information content (AvgIpc) is 3.24. The summed E-state index contributed by atoms with van der Waals surface area (Å²) >= 11 is 1.48. The molecule has 3 N–H and O–H groups in total. The Hall–Kier alpha value is -3.48. The van der Waals surface area contributed by atoms with Gasteiger partial charge in [0.1, 0.15) is 5.01 Å². The van der Waals surface area contributed by atoms with E-state index in [0.29, 0.717) is 16.8 Å². The van der Waals surface area contributed by atoms with Crippen LogP contribution < -0.4 is 5.48 Å². The number of benzene rings is 3. The first kappa shape index (κ1) is 18.9. The highest BCUT2D eigenvalue weighted by molar-refractivity contribution is 7.13. The van der Waals surface area contributed by atoms with Crippen LogP contribution in [0.3, 0.4) is 0 Å². The molecule has 144 valence electrons. The van der Waals surface area contributed by atoms with Crippen LogP contribution in [-0.4, -0.2) is 21.3 Å². The van der Waals surface area contributed by atoms with Crippen LogP contribution in [0, 0.1) is 6.92 Å². The summed E-state index contributed by atoms with van der Waals surface area (Å²) in [6.45, 7) is 2.04. The highest BCUT2D eigenvalue weighted by Crippen LogP contribution is 2.35. The van der Waals surface area contributed by atoms with Crippen LogP contribution >= 0.6 is 11.3 Å². The fraction of sp³-hybridized carbons (Fsp3) is 0.0435. The summed E-state index contributed by atoms with van der Waals surface area (Å²) in [5, 5.41) is 21.9. The molecule has 0 amide bonds. The van der Waals surface area contributed by atoms with Gasteiger partial charge in [-0.25, -0.2) is 9.78 Å². The lowest BCUT2D eigenvalue weighted by atomic mass is 9.96. The molecule has 29 heavy (non-hydrogen) atoms. The number of nitrogens with one attached hydrogen (secondary N) is 1. The van der Waals surface area contributed by atoms with Crippen LogP contribution in [0.5, 0.6) is 0 Å². The molecule has 0 bridgehead atoms. The van der Waals surface area contributed by atoms with Gasteiger partial charge < -0.3 is 5.11 Å². The molecule has 0 radical (unpaired) electrons. The molecule has 0 aliphatic rings. The van der Waals surface area contributed by atoms with Crippen LogP contribution in [0.25, 0.3) is 33.0 Å². The molecule has 4 aromatic rings. The second kappa shape index (κ2) is 7.87. The Bertz CT molecular complexity index is 1180. The number of anilines is 1. The van der Waals surface area contributed by atoms with Crippen molar-refractivity contribution in [1.29, 1.82) is 0 Å². The van der Waals surface area contributed by atoms with Crippen molar-refractivity contribution < 1.29 is 15.1 Å². The van der Waals surface area contributed by atoms with Crippen molar-refractivity contribution in [2.24, 2.45) is 0 Å². The zero-order chi connectivity index (χ0) is 20.4. The summed E-state index contributed by atoms with van der Waals surface area (Å²) in [4.78, 5) is 16.6. The molecule has 5 nitrogen and oxygen atoms in total. The number of thiazole rings is 1. The number of aromatic nitrogens is 1. The average molecular weight is 402 g/mol. The smallest absolute Gasteiger partial charge is 0.336 e. The SMILES string of the molecule is Cc1ccc(-c2csc(-c3ccc(-c4ccccc4NO)c(C(=O)O)c3)n2)cc1. The van der Waals surface area contributed by atoms with Crippen molar-refractivity contribution >= 4 is 23.0 Å². The molecule has 0 unspecified atom stereocenters. The lowest BCUT2D eigenvalue weighted by molar-refractivity contribution is 0.0697. The third kappa shape index (κ3) is 3.76. The van der Waals surface area contributed by atoms with Crippen molar-refractivity contribution in [3.63, 3.8) is 0 Å². The molecule has 4 rings (SSSR count). The van der Waals surface area contributed by atoms with Crippen molar-refractivity contribution in [2.75, 3.05) is 5.48 Å². The van der Waals surface area contributed by atoms with E-state index in [1.54, 1.807) is 36.4 Å². The van der Waals surface area contributed by atoms with E-state index in [-0.39, 0.29) is 5.56 Å². The maximum Gasteiger partial charge on any atom is 0.336 e. The van der Waals surface area contributed by atoms with E-state index in [0.717, 1.165) is 21.8 Å². The number of carbonyl (C=O) groups is 1. The van der Waals surface area contributed by atoms with Gasteiger partial charge in [-0.2, -0.15) is 0 Å². The maximum atomic E-state index is 11.9. The number of hydrogen-bond donors (Lipinski definition) is 3. The zero-order valence-electron chi connectivity index (χ0n) is 15.6. The first-order valence-corrected chi connectivity index (χ1v) is 9.84. The summed E-state index contributed by atoms with van der Waals surface area (Å²) in [6, 6.07) is 20.4. The Kier molecular flexibility index (Phi) is 5.12. The number of rotatable bonds is 5. The molecule has 0 atom stereocenters. The van der Waals surface area contributed by atoms with E-state index in [4.69, 9.17) is 4.98 Å². The predicted molar refractivity (Wildman–Crippen MR) is 116 cm³/mol. The van der Waals surface area contributed by atoms with Crippen LogP contribution in [0.1, 0.15) is 15.9 Å². The summed E-state index contributed by atoms with van der Waals surface area (Å²) in [6.07, 6.45) is 0. The number of carboxylic acid groups (broad SMARTS) is 1. The van der Waals surface area contributed by atoms with Gasteiger partial charge in [-0.15, -0.1) is 11.3 Å². The van der Waals surface area contributed by atoms with Gasteiger partial charge in [0.2, 0.25) is 0 Å². The number of aryl methyl sites for hydroxylation is 1. The van der Waals surface area contributed by atoms with Crippen LogP contribution in [0.4, 0.5) is 5.69 Å². The minimum absolute atomic E-state index is 0.150. The monoisotopic (exact) mass is 402 g/mol. The van der Waals surface area contributed by atoms with Crippen LogP contribution in [-0.2, 0) is 0 Å². The van der Waals surface area contributed by atoms with Gasteiger partial charge in [-0.05, 0) is 24.6 Å². The number of hydrogen-bond acceptors (Lipinski definition) is 5. The second-order valence-corrected chi connectivity index (χ2v) is 7.48. The topological polar surface area (TPSA) is 82.5 Å². The molecule has 1 heterocycles. The van der Waals surface area contributed by atoms with E-state index in [9.17, 15) is 15.1 Å². The lowest BCUT2D eigenvalue weighted by Gasteiger charge is -2.12.